The molecule has 0 aromatic heterocycles. The fraction of sp³-hybridized carbons (Fsp3) is 0.643. The lowest BCUT2D eigenvalue weighted by molar-refractivity contribution is -0.143. The van der Waals surface area contributed by atoms with E-state index in [1.165, 1.54) is 6.08 Å². The highest BCUT2D eigenvalue weighted by Crippen LogP contribution is 2.51. The SMILES string of the molecule is CCOC(=O)CC/C=C(/NC(=O)C1CC1(C)C)C(=O)O. The van der Waals surface area contributed by atoms with Crippen molar-refractivity contribution in [3.8, 4) is 0 Å². The Bertz CT molecular complexity index is 439. The number of amides is 1. The van der Waals surface area contributed by atoms with E-state index in [0.717, 1.165) is 6.42 Å². The van der Waals surface area contributed by atoms with Crippen LogP contribution in [0, 0.1) is 11.3 Å². The maximum Gasteiger partial charge on any atom is 0.352 e. The van der Waals surface area contributed by atoms with Gasteiger partial charge in [-0.15, -0.1) is 0 Å². The Kier molecular flexibility index (Phi) is 5.30. The first-order valence-corrected chi connectivity index (χ1v) is 6.68. The number of aliphatic carboxylic acids is 1. The molecule has 0 radical (unpaired) electrons. The lowest BCUT2D eigenvalue weighted by Crippen LogP contribution is -2.29. The van der Waals surface area contributed by atoms with Gasteiger partial charge in [0.1, 0.15) is 5.70 Å². The average molecular weight is 283 g/mol. The fourth-order valence-electron chi connectivity index (χ4n) is 1.89. The second-order valence-corrected chi connectivity index (χ2v) is 5.50. The van der Waals surface area contributed by atoms with Crippen molar-refractivity contribution in [2.24, 2.45) is 11.3 Å². The number of rotatable bonds is 7. The quantitative estimate of drug-likeness (QED) is 0.545. The van der Waals surface area contributed by atoms with Gasteiger partial charge in [-0.25, -0.2) is 4.79 Å². The van der Waals surface area contributed by atoms with Gasteiger partial charge in [-0.3, -0.25) is 9.59 Å². The highest BCUT2D eigenvalue weighted by Gasteiger charge is 2.50. The maximum atomic E-state index is 11.8. The molecule has 0 aromatic rings. The summed E-state index contributed by atoms with van der Waals surface area (Å²) in [5.41, 5.74) is -0.236. The molecule has 1 unspecified atom stereocenters. The molecule has 2 N–H and O–H groups in total. The van der Waals surface area contributed by atoms with Crippen LogP contribution in [0.25, 0.3) is 0 Å². The van der Waals surface area contributed by atoms with Crippen molar-refractivity contribution < 1.29 is 24.2 Å². The molecule has 1 saturated carbocycles. The number of carbonyl (C=O) groups excluding carboxylic acids is 2. The van der Waals surface area contributed by atoms with Gasteiger partial charge in [0.2, 0.25) is 5.91 Å². The number of carboxylic acid groups (broad SMARTS) is 1. The topological polar surface area (TPSA) is 92.7 Å². The smallest absolute Gasteiger partial charge is 0.352 e. The summed E-state index contributed by atoms with van der Waals surface area (Å²) in [7, 11) is 0. The van der Waals surface area contributed by atoms with E-state index in [0.29, 0.717) is 6.61 Å². The van der Waals surface area contributed by atoms with Crippen LogP contribution in [-0.2, 0) is 19.1 Å². The molecule has 20 heavy (non-hydrogen) atoms. The van der Waals surface area contributed by atoms with E-state index < -0.39 is 5.97 Å². The fourth-order valence-corrected chi connectivity index (χ4v) is 1.89. The molecule has 1 amide bonds. The molecule has 112 valence electrons. The summed E-state index contributed by atoms with van der Waals surface area (Å²) in [5, 5.41) is 11.4. The summed E-state index contributed by atoms with van der Waals surface area (Å²) in [6.45, 7) is 5.92. The first-order chi connectivity index (χ1) is 9.27. The molecule has 0 spiro atoms. The molecule has 6 nitrogen and oxygen atoms in total. The van der Waals surface area contributed by atoms with Crippen molar-refractivity contribution in [3.63, 3.8) is 0 Å². The van der Waals surface area contributed by atoms with Crippen LogP contribution < -0.4 is 5.32 Å². The van der Waals surface area contributed by atoms with E-state index in [2.05, 4.69) is 5.32 Å². The van der Waals surface area contributed by atoms with Gasteiger partial charge in [0.05, 0.1) is 6.61 Å². The van der Waals surface area contributed by atoms with Crippen molar-refractivity contribution in [1.29, 1.82) is 0 Å². The zero-order valence-electron chi connectivity index (χ0n) is 12.1. The number of nitrogens with one attached hydrogen (secondary N) is 1. The van der Waals surface area contributed by atoms with Crippen LogP contribution in [0.5, 0.6) is 0 Å². The molecule has 6 heteroatoms. The van der Waals surface area contributed by atoms with Gasteiger partial charge in [0, 0.05) is 12.3 Å². The predicted octanol–water partition coefficient (Wildman–Crippen LogP) is 1.46. The molecular formula is C14H21NO5. The Balaban J connectivity index is 2.50. The first kappa shape index (κ1) is 16.2. The normalized spacial score (nSPS) is 20.1. The summed E-state index contributed by atoms with van der Waals surface area (Å²) in [6, 6.07) is 0. The van der Waals surface area contributed by atoms with Crippen molar-refractivity contribution >= 4 is 17.8 Å². The van der Waals surface area contributed by atoms with Gasteiger partial charge in [0.15, 0.2) is 0 Å². The molecule has 0 aromatic carbocycles. The van der Waals surface area contributed by atoms with Crippen molar-refractivity contribution in [3.05, 3.63) is 11.8 Å². The molecule has 0 aliphatic heterocycles. The van der Waals surface area contributed by atoms with Crippen LogP contribution in [0.3, 0.4) is 0 Å². The number of carboxylic acids is 1. The molecule has 0 saturated heterocycles. The molecule has 0 bridgehead atoms. The van der Waals surface area contributed by atoms with Crippen molar-refractivity contribution in [1.82, 2.24) is 5.32 Å². The van der Waals surface area contributed by atoms with E-state index in [1.54, 1.807) is 6.92 Å². The highest BCUT2D eigenvalue weighted by molar-refractivity contribution is 5.94. The summed E-state index contributed by atoms with van der Waals surface area (Å²) in [4.78, 5) is 34.0. The van der Waals surface area contributed by atoms with Gasteiger partial charge in [0.25, 0.3) is 0 Å². The molecule has 1 aliphatic rings. The molecule has 0 heterocycles. The van der Waals surface area contributed by atoms with E-state index in [-0.39, 0.29) is 41.7 Å². The predicted molar refractivity (Wildman–Crippen MR) is 71.6 cm³/mol. The zero-order chi connectivity index (χ0) is 15.3. The number of allylic oxidation sites excluding steroid dienone is 1. The number of carbonyl (C=O) groups is 3. The van der Waals surface area contributed by atoms with E-state index in [1.807, 2.05) is 13.8 Å². The second kappa shape index (κ2) is 6.54. The standard InChI is InChI=1S/C14H21NO5/c1-4-20-11(16)7-5-6-10(13(18)19)15-12(17)9-8-14(9,2)3/h6,9H,4-5,7-8H2,1-3H3,(H,15,17)(H,18,19)/b10-6+. The Hall–Kier alpha value is -1.85. The number of ether oxygens (including phenoxy) is 1. The molecular weight excluding hydrogens is 262 g/mol. The minimum absolute atomic E-state index is 0.0569. The monoisotopic (exact) mass is 283 g/mol. The van der Waals surface area contributed by atoms with Gasteiger partial charge in [-0.05, 0) is 25.2 Å². The van der Waals surface area contributed by atoms with Crippen LogP contribution in [0.4, 0.5) is 0 Å². The molecule has 1 rings (SSSR count). The van der Waals surface area contributed by atoms with E-state index in [4.69, 9.17) is 9.84 Å². The van der Waals surface area contributed by atoms with Crippen LogP contribution in [-0.4, -0.2) is 29.6 Å². The summed E-state index contributed by atoms with van der Waals surface area (Å²) in [5.74, 6) is -2.01. The van der Waals surface area contributed by atoms with Crippen LogP contribution in [0.15, 0.2) is 11.8 Å². The third-order valence-electron chi connectivity index (χ3n) is 3.32. The third-order valence-corrected chi connectivity index (χ3v) is 3.32. The van der Waals surface area contributed by atoms with Crippen molar-refractivity contribution in [2.75, 3.05) is 6.61 Å². The maximum absolute atomic E-state index is 11.8. The molecule has 1 atom stereocenters. The van der Waals surface area contributed by atoms with E-state index in [9.17, 15) is 14.4 Å². The second-order valence-electron chi connectivity index (χ2n) is 5.50. The molecule has 1 fully saturated rings. The highest BCUT2D eigenvalue weighted by atomic mass is 16.5. The Morgan fingerprint density at radius 2 is 2.00 bits per heavy atom. The number of hydrogen-bond donors (Lipinski definition) is 2. The third kappa shape index (κ3) is 4.68. The van der Waals surface area contributed by atoms with Gasteiger partial charge < -0.3 is 15.2 Å². The van der Waals surface area contributed by atoms with Gasteiger partial charge in [-0.1, -0.05) is 19.9 Å². The summed E-state index contributed by atoms with van der Waals surface area (Å²) < 4.78 is 4.74. The minimum atomic E-state index is -1.21. The molecule has 1 aliphatic carbocycles. The van der Waals surface area contributed by atoms with Crippen molar-refractivity contribution in [2.45, 2.75) is 40.0 Å². The zero-order valence-corrected chi connectivity index (χ0v) is 12.1. The lowest BCUT2D eigenvalue weighted by atomic mass is 10.1. The Morgan fingerprint density at radius 1 is 1.40 bits per heavy atom. The van der Waals surface area contributed by atoms with Gasteiger partial charge >= 0.3 is 11.9 Å². The van der Waals surface area contributed by atoms with Crippen LogP contribution >= 0.6 is 0 Å². The Morgan fingerprint density at radius 3 is 2.45 bits per heavy atom. The lowest BCUT2D eigenvalue weighted by Gasteiger charge is -2.07. The van der Waals surface area contributed by atoms with E-state index >= 15 is 0 Å². The number of hydrogen-bond acceptors (Lipinski definition) is 4. The summed E-state index contributed by atoms with van der Waals surface area (Å²) in [6.07, 6.45) is 2.41. The van der Waals surface area contributed by atoms with Crippen LogP contribution in [0.2, 0.25) is 0 Å². The van der Waals surface area contributed by atoms with Gasteiger partial charge in [-0.2, -0.15) is 0 Å². The first-order valence-electron chi connectivity index (χ1n) is 6.68. The number of esters is 1. The largest absolute Gasteiger partial charge is 0.477 e. The Labute approximate surface area is 118 Å². The summed E-state index contributed by atoms with van der Waals surface area (Å²) >= 11 is 0. The van der Waals surface area contributed by atoms with Crippen LogP contribution in [0.1, 0.15) is 40.0 Å². The minimum Gasteiger partial charge on any atom is -0.477 e. The average Bonchev–Trinajstić information content (AvgIpc) is 2.97.